The Balaban J connectivity index is 0.00000253. The number of halogens is 2. The molecule has 5 aromatic rings. The average molecular weight is 490 g/mol. The van der Waals surface area contributed by atoms with Gasteiger partial charge in [0.15, 0.2) is 0 Å². The van der Waals surface area contributed by atoms with Crippen LogP contribution in [-0.4, -0.2) is 43.9 Å². The summed E-state index contributed by atoms with van der Waals surface area (Å²) in [4.78, 5) is 12.6. The van der Waals surface area contributed by atoms with Crippen molar-refractivity contribution in [2.75, 3.05) is 13.1 Å². The molecule has 1 aliphatic heterocycles. The van der Waals surface area contributed by atoms with E-state index >= 15 is 0 Å². The molecule has 3 aromatic carbocycles. The number of hydrogen-bond acceptors (Lipinski definition) is 6. The predicted molar refractivity (Wildman–Crippen MR) is 134 cm³/mol. The third-order valence-corrected chi connectivity index (χ3v) is 5.58. The molecule has 0 aliphatic carbocycles. The number of benzene rings is 3. The van der Waals surface area contributed by atoms with E-state index in [9.17, 15) is 4.39 Å². The molecule has 1 aliphatic rings. The number of aromatic nitrogens is 5. The SMILES string of the molecule is Cl.Fc1ccc(-n2cc(COc3ccc(-c4nc5ccc(C6=NCCN6)cc5[nH]4)cc3)nn2)cc1. The Kier molecular flexibility index (Phi) is 6.15. The summed E-state index contributed by atoms with van der Waals surface area (Å²) in [6.45, 7) is 1.96. The van der Waals surface area contributed by atoms with Crippen LogP contribution in [0, 0.1) is 5.82 Å². The number of imidazole rings is 1. The molecule has 3 heterocycles. The van der Waals surface area contributed by atoms with Gasteiger partial charge in [-0.2, -0.15) is 0 Å². The van der Waals surface area contributed by atoms with Crippen molar-refractivity contribution in [1.82, 2.24) is 30.3 Å². The maximum atomic E-state index is 13.1. The molecule has 0 atom stereocenters. The number of H-pyrrole nitrogens is 1. The average Bonchev–Trinajstić information content (AvgIpc) is 3.64. The Labute approximate surface area is 206 Å². The molecule has 2 N–H and O–H groups in total. The van der Waals surface area contributed by atoms with Gasteiger partial charge in [-0.15, -0.1) is 17.5 Å². The zero-order valence-electron chi connectivity index (χ0n) is 18.5. The van der Waals surface area contributed by atoms with Crippen LogP contribution >= 0.6 is 12.4 Å². The Bertz CT molecular complexity index is 1490. The maximum Gasteiger partial charge on any atom is 0.138 e. The highest BCUT2D eigenvalue weighted by Gasteiger charge is 2.11. The fourth-order valence-corrected chi connectivity index (χ4v) is 3.84. The number of rotatable bonds is 6. The standard InChI is InChI=1S/C25H20FN7O.ClH/c26-18-4-6-20(7-5-18)33-14-19(31-32-33)15-34-21-8-1-16(2-9-21)25-29-22-10-3-17(13-23(22)30-25)24-27-11-12-28-24;/h1-10,13-14H,11-12,15H2,(H,27,28)(H,29,30);1H. The molecule has 0 saturated heterocycles. The van der Waals surface area contributed by atoms with Crippen LogP contribution in [0.5, 0.6) is 5.75 Å². The van der Waals surface area contributed by atoms with Crippen molar-refractivity contribution in [3.8, 4) is 22.8 Å². The van der Waals surface area contributed by atoms with Gasteiger partial charge >= 0.3 is 0 Å². The summed E-state index contributed by atoms with van der Waals surface area (Å²) in [7, 11) is 0. The maximum absolute atomic E-state index is 13.1. The molecule has 0 radical (unpaired) electrons. The highest BCUT2D eigenvalue weighted by Crippen LogP contribution is 2.24. The van der Waals surface area contributed by atoms with Crippen LogP contribution in [0.4, 0.5) is 4.39 Å². The number of aromatic amines is 1. The lowest BCUT2D eigenvalue weighted by Gasteiger charge is -2.04. The first-order chi connectivity index (χ1) is 16.7. The van der Waals surface area contributed by atoms with Crippen LogP contribution in [0.15, 0.2) is 77.9 Å². The van der Waals surface area contributed by atoms with Crippen molar-refractivity contribution < 1.29 is 9.13 Å². The number of aliphatic imine (C=N–C) groups is 1. The summed E-state index contributed by atoms with van der Waals surface area (Å²) in [6, 6.07) is 19.9. The fourth-order valence-electron chi connectivity index (χ4n) is 3.84. The minimum absolute atomic E-state index is 0. The minimum atomic E-state index is -0.292. The van der Waals surface area contributed by atoms with Crippen LogP contribution in [0.3, 0.4) is 0 Å². The number of nitrogens with one attached hydrogen (secondary N) is 2. The van der Waals surface area contributed by atoms with E-state index in [0.717, 1.165) is 52.6 Å². The number of amidine groups is 1. The van der Waals surface area contributed by atoms with E-state index in [1.807, 2.05) is 36.4 Å². The molecule has 8 nitrogen and oxygen atoms in total. The topological polar surface area (TPSA) is 93.0 Å². The number of hydrogen-bond donors (Lipinski definition) is 2. The summed E-state index contributed by atoms with van der Waals surface area (Å²) < 4.78 is 20.5. The van der Waals surface area contributed by atoms with Crippen molar-refractivity contribution in [3.63, 3.8) is 0 Å². The lowest BCUT2D eigenvalue weighted by atomic mass is 10.2. The lowest BCUT2D eigenvalue weighted by molar-refractivity contribution is 0.301. The Morgan fingerprint density at radius 2 is 1.77 bits per heavy atom. The molecule has 0 amide bonds. The smallest absolute Gasteiger partial charge is 0.138 e. The Morgan fingerprint density at radius 1 is 0.971 bits per heavy atom. The normalized spacial score (nSPS) is 12.8. The van der Waals surface area contributed by atoms with E-state index in [1.165, 1.54) is 12.1 Å². The van der Waals surface area contributed by atoms with Gasteiger partial charge in [0, 0.05) is 17.7 Å². The molecule has 0 bridgehead atoms. The van der Waals surface area contributed by atoms with Crippen molar-refractivity contribution in [3.05, 3.63) is 90.0 Å². The van der Waals surface area contributed by atoms with Crippen LogP contribution < -0.4 is 10.1 Å². The summed E-state index contributed by atoms with van der Waals surface area (Å²) in [5, 5.41) is 11.5. The van der Waals surface area contributed by atoms with Gasteiger partial charge in [-0.1, -0.05) is 5.21 Å². The molecule has 6 rings (SSSR count). The van der Waals surface area contributed by atoms with Gasteiger partial charge in [0.1, 0.15) is 35.5 Å². The second-order valence-corrected chi connectivity index (χ2v) is 7.92. The number of fused-ring (bicyclic) bond motifs is 1. The molecular weight excluding hydrogens is 469 g/mol. The van der Waals surface area contributed by atoms with E-state index in [-0.39, 0.29) is 24.8 Å². The zero-order valence-corrected chi connectivity index (χ0v) is 19.3. The minimum Gasteiger partial charge on any atom is -0.487 e. The third-order valence-electron chi connectivity index (χ3n) is 5.58. The highest BCUT2D eigenvalue weighted by molar-refractivity contribution is 6.02. The van der Waals surface area contributed by atoms with Crippen molar-refractivity contribution in [1.29, 1.82) is 0 Å². The van der Waals surface area contributed by atoms with E-state index < -0.39 is 0 Å². The van der Waals surface area contributed by atoms with E-state index in [4.69, 9.17) is 9.72 Å². The molecule has 2 aromatic heterocycles. The van der Waals surface area contributed by atoms with Crippen LogP contribution in [0.1, 0.15) is 11.3 Å². The number of nitrogens with zero attached hydrogens (tertiary/aromatic N) is 5. The van der Waals surface area contributed by atoms with Gasteiger partial charge in [-0.05, 0) is 66.7 Å². The summed E-state index contributed by atoms with van der Waals surface area (Å²) in [5.41, 5.74) is 5.29. The van der Waals surface area contributed by atoms with Gasteiger partial charge in [0.25, 0.3) is 0 Å². The predicted octanol–water partition coefficient (Wildman–Crippen LogP) is 4.30. The quantitative estimate of drug-likeness (QED) is 0.371. The number of ether oxygens (including phenoxy) is 1. The lowest BCUT2D eigenvalue weighted by Crippen LogP contribution is -2.19. The molecule has 176 valence electrons. The molecule has 35 heavy (non-hydrogen) atoms. The van der Waals surface area contributed by atoms with Gasteiger partial charge < -0.3 is 15.0 Å². The Morgan fingerprint density at radius 3 is 2.54 bits per heavy atom. The van der Waals surface area contributed by atoms with Crippen LogP contribution in [-0.2, 0) is 6.61 Å². The van der Waals surface area contributed by atoms with Gasteiger partial charge in [0.2, 0.25) is 0 Å². The molecule has 0 saturated carbocycles. The Hall–Kier alpha value is -4.24. The zero-order chi connectivity index (χ0) is 22.9. The van der Waals surface area contributed by atoms with E-state index in [2.05, 4.69) is 31.7 Å². The molecular formula is C25H21ClFN7O. The summed E-state index contributed by atoms with van der Waals surface area (Å²) in [5.74, 6) is 2.14. The van der Waals surface area contributed by atoms with E-state index in [1.54, 1.807) is 23.0 Å². The largest absolute Gasteiger partial charge is 0.487 e. The van der Waals surface area contributed by atoms with E-state index in [0.29, 0.717) is 11.4 Å². The monoisotopic (exact) mass is 489 g/mol. The van der Waals surface area contributed by atoms with Gasteiger partial charge in [0.05, 0.1) is 29.5 Å². The first-order valence-corrected chi connectivity index (χ1v) is 10.9. The van der Waals surface area contributed by atoms with Crippen molar-refractivity contribution in [2.24, 2.45) is 4.99 Å². The second-order valence-electron chi connectivity index (χ2n) is 7.92. The molecule has 0 unspecified atom stereocenters. The highest BCUT2D eigenvalue weighted by atomic mass is 35.5. The molecule has 0 fully saturated rings. The van der Waals surface area contributed by atoms with Crippen molar-refractivity contribution >= 4 is 29.3 Å². The van der Waals surface area contributed by atoms with Crippen LogP contribution in [0.25, 0.3) is 28.1 Å². The van der Waals surface area contributed by atoms with Gasteiger partial charge in [-0.3, -0.25) is 4.99 Å². The van der Waals surface area contributed by atoms with Gasteiger partial charge in [-0.25, -0.2) is 14.1 Å². The summed E-state index contributed by atoms with van der Waals surface area (Å²) in [6.07, 6.45) is 1.76. The summed E-state index contributed by atoms with van der Waals surface area (Å²) >= 11 is 0. The molecule has 10 heteroatoms. The molecule has 0 spiro atoms. The fraction of sp³-hybridized carbons (Fsp3) is 0.120. The first kappa shape index (κ1) is 22.5. The van der Waals surface area contributed by atoms with Crippen molar-refractivity contribution in [2.45, 2.75) is 6.61 Å². The third kappa shape index (κ3) is 4.71. The van der Waals surface area contributed by atoms with Crippen LogP contribution in [0.2, 0.25) is 0 Å². The second kappa shape index (κ2) is 9.55. The first-order valence-electron chi connectivity index (χ1n) is 10.9.